The van der Waals surface area contributed by atoms with Crippen molar-refractivity contribution in [2.24, 2.45) is 0 Å². The van der Waals surface area contributed by atoms with E-state index in [1.54, 1.807) is 0 Å². The lowest BCUT2D eigenvalue weighted by Crippen LogP contribution is -2.25. The van der Waals surface area contributed by atoms with E-state index >= 15 is 0 Å². The van der Waals surface area contributed by atoms with E-state index in [4.69, 9.17) is 25.8 Å². The molecule has 13 heavy (non-hydrogen) atoms. The highest BCUT2D eigenvalue weighted by Gasteiger charge is 2.24. The highest BCUT2D eigenvalue weighted by atomic mass is 35.5. The normalized spacial score (nSPS) is 23.5. The number of halogens is 1. The Kier molecular flexibility index (Phi) is 5.02. The minimum absolute atomic E-state index is 0.00623. The maximum Gasteiger partial charge on any atom is 0.104 e. The Morgan fingerprint density at radius 2 is 2.15 bits per heavy atom. The van der Waals surface area contributed by atoms with Gasteiger partial charge in [-0.25, -0.2) is 0 Å². The van der Waals surface area contributed by atoms with Crippen LogP contribution in [-0.2, 0) is 14.2 Å². The largest absolute Gasteiger partial charge is 0.376 e. The van der Waals surface area contributed by atoms with Crippen molar-refractivity contribution in [3.05, 3.63) is 0 Å². The molecule has 0 N–H and O–H groups in total. The van der Waals surface area contributed by atoms with Crippen molar-refractivity contribution in [2.45, 2.75) is 32.2 Å². The van der Waals surface area contributed by atoms with Crippen LogP contribution in [0.15, 0.2) is 0 Å². The highest BCUT2D eigenvalue weighted by Crippen LogP contribution is 2.10. The summed E-state index contributed by atoms with van der Waals surface area (Å²) in [5.74, 6) is 0.472. The van der Waals surface area contributed by atoms with Gasteiger partial charge in [0.15, 0.2) is 0 Å². The average Bonchev–Trinajstić information content (AvgIpc) is 2.88. The first kappa shape index (κ1) is 11.2. The maximum atomic E-state index is 5.71. The molecule has 0 spiro atoms. The van der Waals surface area contributed by atoms with Gasteiger partial charge in [0, 0.05) is 0 Å². The van der Waals surface area contributed by atoms with Crippen LogP contribution in [0.1, 0.15) is 13.8 Å². The summed E-state index contributed by atoms with van der Waals surface area (Å²) < 4.78 is 15.9. The van der Waals surface area contributed by atoms with Gasteiger partial charge in [-0.15, -0.1) is 11.6 Å². The van der Waals surface area contributed by atoms with Gasteiger partial charge in [-0.05, 0) is 13.8 Å². The van der Waals surface area contributed by atoms with Gasteiger partial charge in [-0.3, -0.25) is 0 Å². The molecule has 0 aromatic heterocycles. The van der Waals surface area contributed by atoms with Crippen LogP contribution in [0.4, 0.5) is 0 Å². The number of alkyl halides is 1. The SMILES string of the molecule is CC(C)OCC(CCl)OCC1CO1. The van der Waals surface area contributed by atoms with Crippen molar-refractivity contribution in [1.82, 2.24) is 0 Å². The van der Waals surface area contributed by atoms with Crippen molar-refractivity contribution in [1.29, 1.82) is 0 Å². The molecule has 1 rings (SSSR count). The summed E-state index contributed by atoms with van der Waals surface area (Å²) in [5, 5.41) is 0. The summed E-state index contributed by atoms with van der Waals surface area (Å²) in [6.07, 6.45) is 0.518. The van der Waals surface area contributed by atoms with Crippen LogP contribution in [0.25, 0.3) is 0 Å². The average molecular weight is 209 g/mol. The summed E-state index contributed by atoms with van der Waals surface area (Å²) in [7, 11) is 0. The minimum atomic E-state index is -0.00623. The van der Waals surface area contributed by atoms with Crippen molar-refractivity contribution < 1.29 is 14.2 Å². The van der Waals surface area contributed by atoms with Gasteiger partial charge in [0.05, 0.1) is 37.9 Å². The first-order chi connectivity index (χ1) is 6.22. The Hall–Kier alpha value is 0.170. The summed E-state index contributed by atoms with van der Waals surface area (Å²) in [4.78, 5) is 0. The van der Waals surface area contributed by atoms with Crippen molar-refractivity contribution in [2.75, 3.05) is 25.7 Å². The molecule has 1 heterocycles. The molecule has 3 nitrogen and oxygen atoms in total. The predicted molar refractivity (Wildman–Crippen MR) is 51.3 cm³/mol. The summed E-state index contributed by atoms with van der Waals surface area (Å²) in [5.41, 5.74) is 0. The third kappa shape index (κ3) is 5.47. The Balaban J connectivity index is 2.02. The van der Waals surface area contributed by atoms with Crippen LogP contribution in [0.5, 0.6) is 0 Å². The van der Waals surface area contributed by atoms with Gasteiger partial charge in [-0.1, -0.05) is 0 Å². The van der Waals surface area contributed by atoms with Gasteiger partial charge in [0.1, 0.15) is 6.10 Å². The van der Waals surface area contributed by atoms with E-state index in [1.165, 1.54) is 0 Å². The quantitative estimate of drug-likeness (QED) is 0.469. The predicted octanol–water partition coefficient (Wildman–Crippen LogP) is 1.43. The second kappa shape index (κ2) is 5.81. The zero-order valence-electron chi connectivity index (χ0n) is 8.16. The molecule has 2 atom stereocenters. The van der Waals surface area contributed by atoms with Crippen LogP contribution in [0.2, 0.25) is 0 Å². The summed E-state index contributed by atoms with van der Waals surface area (Å²) >= 11 is 5.71. The lowest BCUT2D eigenvalue weighted by molar-refractivity contribution is -0.0284. The smallest absolute Gasteiger partial charge is 0.104 e. The summed E-state index contributed by atoms with van der Waals surface area (Å²) in [6.45, 7) is 6.01. The first-order valence-electron chi connectivity index (χ1n) is 4.63. The van der Waals surface area contributed by atoms with Crippen molar-refractivity contribution >= 4 is 11.6 Å². The maximum absolute atomic E-state index is 5.71. The van der Waals surface area contributed by atoms with Crippen LogP contribution in [0, 0.1) is 0 Å². The van der Waals surface area contributed by atoms with Gasteiger partial charge >= 0.3 is 0 Å². The molecule has 0 radical (unpaired) electrons. The van der Waals surface area contributed by atoms with Crippen LogP contribution in [-0.4, -0.2) is 44.0 Å². The second-order valence-corrected chi connectivity index (χ2v) is 3.76. The molecule has 0 aliphatic carbocycles. The molecule has 0 bridgehead atoms. The van der Waals surface area contributed by atoms with E-state index in [0.717, 1.165) is 6.61 Å². The fraction of sp³-hybridized carbons (Fsp3) is 1.00. The standard InChI is InChI=1S/C9H17ClO3/c1-7(2)11-4-8(3-10)12-5-9-6-13-9/h7-9H,3-6H2,1-2H3. The number of hydrogen-bond acceptors (Lipinski definition) is 3. The van der Waals surface area contributed by atoms with E-state index in [-0.39, 0.29) is 12.2 Å². The lowest BCUT2D eigenvalue weighted by atomic mass is 10.4. The highest BCUT2D eigenvalue weighted by molar-refractivity contribution is 6.18. The van der Waals surface area contributed by atoms with Crippen LogP contribution >= 0.6 is 11.6 Å². The van der Waals surface area contributed by atoms with Crippen molar-refractivity contribution in [3.8, 4) is 0 Å². The minimum Gasteiger partial charge on any atom is -0.376 e. The topological polar surface area (TPSA) is 31.0 Å². The van der Waals surface area contributed by atoms with E-state index in [2.05, 4.69) is 0 Å². The molecule has 1 aliphatic heterocycles. The van der Waals surface area contributed by atoms with Crippen LogP contribution < -0.4 is 0 Å². The van der Waals surface area contributed by atoms with Crippen molar-refractivity contribution in [3.63, 3.8) is 0 Å². The second-order valence-electron chi connectivity index (χ2n) is 3.45. The van der Waals surface area contributed by atoms with E-state index in [9.17, 15) is 0 Å². The Morgan fingerprint density at radius 3 is 2.62 bits per heavy atom. The Bertz CT molecular complexity index is 131. The zero-order valence-corrected chi connectivity index (χ0v) is 8.92. The molecule has 0 aromatic carbocycles. The van der Waals surface area contributed by atoms with Gasteiger partial charge in [0.25, 0.3) is 0 Å². The third-order valence-electron chi connectivity index (χ3n) is 1.71. The molecule has 1 saturated heterocycles. The molecule has 1 fully saturated rings. The van der Waals surface area contributed by atoms with E-state index in [0.29, 0.717) is 25.2 Å². The molecule has 0 amide bonds. The first-order valence-corrected chi connectivity index (χ1v) is 5.16. The summed E-state index contributed by atoms with van der Waals surface area (Å²) in [6, 6.07) is 0. The number of ether oxygens (including phenoxy) is 3. The Labute approximate surface area is 84.3 Å². The molecule has 4 heteroatoms. The van der Waals surface area contributed by atoms with Gasteiger partial charge in [0.2, 0.25) is 0 Å². The monoisotopic (exact) mass is 208 g/mol. The number of epoxide rings is 1. The molecule has 0 aromatic rings. The molecular formula is C9H17ClO3. The number of hydrogen-bond donors (Lipinski definition) is 0. The zero-order chi connectivity index (χ0) is 9.68. The fourth-order valence-electron chi connectivity index (χ4n) is 0.845. The molecular weight excluding hydrogens is 192 g/mol. The Morgan fingerprint density at radius 1 is 1.46 bits per heavy atom. The molecule has 78 valence electrons. The third-order valence-corrected chi connectivity index (χ3v) is 2.05. The number of rotatable bonds is 7. The molecule has 1 aliphatic rings. The van der Waals surface area contributed by atoms with E-state index in [1.807, 2.05) is 13.8 Å². The van der Waals surface area contributed by atoms with E-state index < -0.39 is 0 Å². The fourth-order valence-corrected chi connectivity index (χ4v) is 1.02. The lowest BCUT2D eigenvalue weighted by Gasteiger charge is -2.16. The molecule has 0 saturated carbocycles. The van der Waals surface area contributed by atoms with Gasteiger partial charge in [-0.2, -0.15) is 0 Å². The van der Waals surface area contributed by atoms with Crippen LogP contribution in [0.3, 0.4) is 0 Å². The molecule has 2 unspecified atom stereocenters. The van der Waals surface area contributed by atoms with Gasteiger partial charge < -0.3 is 14.2 Å².